The second-order valence-corrected chi connectivity index (χ2v) is 13.0. The minimum absolute atomic E-state index is 0.0444. The molecule has 0 amide bonds. The molecule has 0 spiro atoms. The van der Waals surface area contributed by atoms with Crippen LogP contribution in [0.3, 0.4) is 0 Å². The number of nitrogen functional groups attached to an aromatic ring is 1. The van der Waals surface area contributed by atoms with Gasteiger partial charge in [-0.15, -0.1) is 0 Å². The number of anilines is 1. The van der Waals surface area contributed by atoms with Gasteiger partial charge in [-0.3, -0.25) is 9.32 Å². The number of para-hydroxylation sites is 2. The third-order valence-electron chi connectivity index (χ3n) is 7.21. The van der Waals surface area contributed by atoms with Crippen LogP contribution in [0.25, 0.3) is 21.9 Å². The van der Waals surface area contributed by atoms with Crippen LogP contribution in [-0.4, -0.2) is 45.9 Å². The lowest BCUT2D eigenvalue weighted by Gasteiger charge is -2.35. The van der Waals surface area contributed by atoms with E-state index in [1.165, 1.54) is 0 Å². The first-order valence-electron chi connectivity index (χ1n) is 15.1. The Bertz CT molecular complexity index is 1610. The van der Waals surface area contributed by atoms with Crippen LogP contribution in [0.1, 0.15) is 66.6 Å². The minimum atomic E-state index is -4.13. The molecule has 0 bridgehead atoms. The largest absolute Gasteiger partial charge is 0.462 e. The van der Waals surface area contributed by atoms with Crippen LogP contribution in [0, 0.1) is 0 Å². The zero-order valence-corrected chi connectivity index (χ0v) is 27.3. The van der Waals surface area contributed by atoms with Crippen molar-refractivity contribution >= 4 is 41.5 Å². The molecule has 3 atom stereocenters. The first kappa shape index (κ1) is 33.4. The fourth-order valence-corrected chi connectivity index (χ4v) is 6.69. The Kier molecular flexibility index (Phi) is 11.0. The van der Waals surface area contributed by atoms with Gasteiger partial charge in [-0.1, -0.05) is 56.2 Å². The zero-order valence-electron chi connectivity index (χ0n) is 26.4. The normalized spacial score (nSPS) is 15.2. The van der Waals surface area contributed by atoms with Crippen LogP contribution >= 0.6 is 7.75 Å². The summed E-state index contributed by atoms with van der Waals surface area (Å²) in [4.78, 5) is 22.2. The molecule has 0 fully saturated rings. The number of esters is 1. The molecule has 12 heteroatoms. The molecule has 3 N–H and O–H groups in total. The van der Waals surface area contributed by atoms with Gasteiger partial charge in [0.15, 0.2) is 5.82 Å². The van der Waals surface area contributed by atoms with Gasteiger partial charge in [-0.2, -0.15) is 5.09 Å². The van der Waals surface area contributed by atoms with E-state index in [1.807, 2.05) is 44.2 Å². The third-order valence-corrected chi connectivity index (χ3v) is 8.83. The number of aromatic nitrogens is 3. The number of carbonyl (C=O) groups is 1. The lowest BCUT2D eigenvalue weighted by Crippen LogP contribution is -2.40. The molecule has 4 aromatic rings. The van der Waals surface area contributed by atoms with E-state index in [4.69, 9.17) is 29.2 Å². The van der Waals surface area contributed by atoms with E-state index in [-0.39, 0.29) is 19.3 Å². The van der Waals surface area contributed by atoms with E-state index in [0.717, 1.165) is 29.3 Å². The summed E-state index contributed by atoms with van der Waals surface area (Å²) in [6.45, 7) is 11.8. The van der Waals surface area contributed by atoms with Crippen molar-refractivity contribution < 1.29 is 27.9 Å². The zero-order chi connectivity index (χ0) is 31.9. The lowest BCUT2D eigenvalue weighted by atomic mass is 9.94. The first-order valence-corrected chi connectivity index (χ1v) is 16.7. The number of ether oxygens (including phenoxy) is 2. The van der Waals surface area contributed by atoms with Gasteiger partial charge >= 0.3 is 13.7 Å². The number of benzene rings is 2. The quantitative estimate of drug-likeness (QED) is 0.102. The van der Waals surface area contributed by atoms with Gasteiger partial charge in [0, 0.05) is 12.0 Å². The standard InChI is InChI=1S/C32H44N5O6P/c1-7-9-19-32(6,21-41-44(39,43-24-15-11-10-12-16-24)36-23(5)31(38)42-22(3)4)37-27(20-40-8-2)35-28-29(37)25-17-13-14-18-26(25)34-30(28)33/h10-18,22-23H,7-9,19-21H2,1-6H3,(H2,33,34)(H,36,39)/t23-,32-,44-/m0/s1. The van der Waals surface area contributed by atoms with Crippen LogP contribution in [0.2, 0.25) is 0 Å². The topological polar surface area (TPSA) is 140 Å². The second kappa shape index (κ2) is 14.5. The number of fused-ring (bicyclic) bond motifs is 3. The number of imidazole rings is 1. The Morgan fingerprint density at radius 1 is 1.07 bits per heavy atom. The predicted octanol–water partition coefficient (Wildman–Crippen LogP) is 6.74. The van der Waals surface area contributed by atoms with Gasteiger partial charge in [-0.25, -0.2) is 14.5 Å². The average molecular weight is 626 g/mol. The number of hydrogen-bond donors (Lipinski definition) is 2. The summed E-state index contributed by atoms with van der Waals surface area (Å²) in [7, 11) is -4.13. The van der Waals surface area contributed by atoms with Crippen molar-refractivity contribution in [3.63, 3.8) is 0 Å². The highest BCUT2D eigenvalue weighted by molar-refractivity contribution is 7.52. The van der Waals surface area contributed by atoms with E-state index < -0.39 is 25.3 Å². The highest BCUT2D eigenvalue weighted by Gasteiger charge is 2.39. The number of nitrogens with one attached hydrogen (secondary N) is 1. The van der Waals surface area contributed by atoms with Crippen molar-refractivity contribution in [1.29, 1.82) is 0 Å². The molecular formula is C32H44N5O6P. The van der Waals surface area contributed by atoms with Crippen molar-refractivity contribution in [1.82, 2.24) is 19.6 Å². The number of hydrogen-bond acceptors (Lipinski definition) is 9. The van der Waals surface area contributed by atoms with Crippen molar-refractivity contribution in [2.24, 2.45) is 0 Å². The van der Waals surface area contributed by atoms with Crippen LogP contribution in [-0.2, 0) is 35.5 Å². The van der Waals surface area contributed by atoms with Gasteiger partial charge in [0.05, 0.1) is 29.3 Å². The Hall–Kier alpha value is -3.50. The van der Waals surface area contributed by atoms with Crippen LogP contribution in [0.4, 0.5) is 5.82 Å². The molecule has 0 aliphatic rings. The highest BCUT2D eigenvalue weighted by Crippen LogP contribution is 2.47. The molecule has 0 aliphatic carbocycles. The van der Waals surface area contributed by atoms with Gasteiger partial charge in [0.2, 0.25) is 0 Å². The molecule has 238 valence electrons. The van der Waals surface area contributed by atoms with Gasteiger partial charge in [-0.05, 0) is 59.2 Å². The molecule has 2 aromatic carbocycles. The Morgan fingerprint density at radius 2 is 1.77 bits per heavy atom. The average Bonchev–Trinajstić information content (AvgIpc) is 3.39. The maximum absolute atomic E-state index is 14.4. The lowest BCUT2D eigenvalue weighted by molar-refractivity contribution is -0.149. The van der Waals surface area contributed by atoms with E-state index in [0.29, 0.717) is 35.9 Å². The molecule has 4 rings (SSSR count). The van der Waals surface area contributed by atoms with Gasteiger partial charge in [0.25, 0.3) is 0 Å². The first-order chi connectivity index (χ1) is 21.0. The van der Waals surface area contributed by atoms with Crippen molar-refractivity contribution in [3.05, 3.63) is 60.4 Å². The van der Waals surface area contributed by atoms with Gasteiger partial charge < -0.3 is 24.3 Å². The molecule has 0 saturated carbocycles. The number of pyridine rings is 1. The monoisotopic (exact) mass is 625 g/mol. The van der Waals surface area contributed by atoms with E-state index in [1.54, 1.807) is 45.0 Å². The van der Waals surface area contributed by atoms with E-state index in [2.05, 4.69) is 21.6 Å². The molecule has 0 radical (unpaired) electrons. The van der Waals surface area contributed by atoms with Crippen molar-refractivity contribution in [2.45, 2.75) is 85.1 Å². The molecule has 0 saturated heterocycles. The Labute approximate surface area is 259 Å². The summed E-state index contributed by atoms with van der Waals surface area (Å²) in [6.07, 6.45) is 2.08. The van der Waals surface area contributed by atoms with Crippen molar-refractivity contribution in [3.8, 4) is 5.75 Å². The third kappa shape index (κ3) is 7.77. The second-order valence-electron chi connectivity index (χ2n) is 11.3. The molecule has 0 aliphatic heterocycles. The molecule has 11 nitrogen and oxygen atoms in total. The van der Waals surface area contributed by atoms with Gasteiger partial charge in [0.1, 0.15) is 29.7 Å². The fraction of sp³-hybridized carbons (Fsp3) is 0.469. The Balaban J connectivity index is 1.81. The maximum Gasteiger partial charge on any atom is 0.459 e. The smallest absolute Gasteiger partial charge is 0.459 e. The number of unbranched alkanes of at least 4 members (excludes halogenated alkanes) is 1. The minimum Gasteiger partial charge on any atom is -0.462 e. The molecule has 0 unspecified atom stereocenters. The number of nitrogens with two attached hydrogens (primary N) is 1. The molecular weight excluding hydrogens is 581 g/mol. The molecule has 2 heterocycles. The van der Waals surface area contributed by atoms with Crippen LogP contribution in [0.15, 0.2) is 54.6 Å². The Morgan fingerprint density at radius 3 is 2.45 bits per heavy atom. The summed E-state index contributed by atoms with van der Waals surface area (Å²) in [5.41, 5.74) is 7.75. The highest BCUT2D eigenvalue weighted by atomic mass is 31.2. The maximum atomic E-state index is 14.4. The number of carbonyl (C=O) groups excluding carboxylic acids is 1. The predicted molar refractivity (Wildman–Crippen MR) is 172 cm³/mol. The molecule has 2 aromatic heterocycles. The van der Waals surface area contributed by atoms with E-state index in [9.17, 15) is 9.36 Å². The van der Waals surface area contributed by atoms with Crippen LogP contribution in [0.5, 0.6) is 5.75 Å². The summed E-state index contributed by atoms with van der Waals surface area (Å²) >= 11 is 0. The number of rotatable bonds is 16. The molecule has 44 heavy (non-hydrogen) atoms. The van der Waals surface area contributed by atoms with Crippen LogP contribution < -0.4 is 15.3 Å². The number of nitrogens with zero attached hydrogens (tertiary/aromatic N) is 3. The van der Waals surface area contributed by atoms with E-state index >= 15 is 0 Å². The summed E-state index contributed by atoms with van der Waals surface area (Å²) in [6, 6.07) is 15.5. The van der Waals surface area contributed by atoms with Crippen molar-refractivity contribution in [2.75, 3.05) is 18.9 Å². The SMILES string of the molecule is CCCC[C@@](C)(CO[P@@](=O)(N[C@@H](C)C(=O)OC(C)C)Oc1ccccc1)n1c(COCC)nc2c(N)nc3ccccc3c21. The summed E-state index contributed by atoms with van der Waals surface area (Å²) in [5, 5.41) is 3.68. The summed E-state index contributed by atoms with van der Waals surface area (Å²) in [5.74, 6) is 0.724. The summed E-state index contributed by atoms with van der Waals surface area (Å²) < 4.78 is 39.9. The fourth-order valence-electron chi connectivity index (χ4n) is 5.08.